The number of methoxy groups -OCH3 is 1. The Morgan fingerprint density at radius 3 is 2.68 bits per heavy atom. The molecule has 0 aliphatic carbocycles. The average Bonchev–Trinajstić information content (AvgIpc) is 3.11. The third-order valence-electron chi connectivity index (χ3n) is 4.74. The molecule has 1 aromatic heterocycles. The first-order chi connectivity index (χ1) is 15.1. The molecule has 4 N–H and O–H groups in total. The molecule has 8 nitrogen and oxygen atoms in total. The lowest BCUT2D eigenvalue weighted by atomic mass is 10.1. The summed E-state index contributed by atoms with van der Waals surface area (Å²) in [4.78, 5) is 12.1. The van der Waals surface area contributed by atoms with Gasteiger partial charge in [-0.15, -0.1) is 0 Å². The maximum absolute atomic E-state index is 12.1. The van der Waals surface area contributed by atoms with Gasteiger partial charge in [0.1, 0.15) is 17.5 Å². The highest BCUT2D eigenvalue weighted by molar-refractivity contribution is 5.73. The molecule has 160 valence electrons. The number of carbonyl (C=O) groups excluding carboxylic acids is 1. The normalized spacial score (nSPS) is 10.5. The summed E-state index contributed by atoms with van der Waals surface area (Å²) in [6.45, 7) is 1.42. The number of nitriles is 1. The molecule has 0 unspecified atom stereocenters. The van der Waals surface area contributed by atoms with Gasteiger partial charge in [-0.1, -0.05) is 42.5 Å². The highest BCUT2D eigenvalue weighted by Gasteiger charge is 2.16. The van der Waals surface area contributed by atoms with Gasteiger partial charge in [0.2, 0.25) is 0 Å². The number of nitrogen functional groups attached to an aromatic ring is 1. The number of hydrogen-bond acceptors (Lipinski definition) is 5. The number of anilines is 1. The Balaban J connectivity index is 1.48. The zero-order chi connectivity index (χ0) is 22.1. The van der Waals surface area contributed by atoms with E-state index in [0.717, 1.165) is 16.8 Å². The van der Waals surface area contributed by atoms with Crippen LogP contribution in [0.4, 0.5) is 10.6 Å². The van der Waals surface area contributed by atoms with Gasteiger partial charge in [-0.05, 0) is 36.1 Å². The van der Waals surface area contributed by atoms with E-state index in [0.29, 0.717) is 49.6 Å². The molecule has 0 saturated heterocycles. The summed E-state index contributed by atoms with van der Waals surface area (Å²) in [5.41, 5.74) is 9.98. The summed E-state index contributed by atoms with van der Waals surface area (Å²) >= 11 is 0. The minimum atomic E-state index is -0.244. The van der Waals surface area contributed by atoms with Gasteiger partial charge in [0.15, 0.2) is 0 Å². The third kappa shape index (κ3) is 5.84. The topological polar surface area (TPSA) is 118 Å². The highest BCUT2D eigenvalue weighted by atomic mass is 16.5. The first-order valence-corrected chi connectivity index (χ1v) is 10.0. The summed E-state index contributed by atoms with van der Waals surface area (Å²) in [5, 5.41) is 19.6. The van der Waals surface area contributed by atoms with Gasteiger partial charge >= 0.3 is 6.03 Å². The number of ether oxygens (including phenoxy) is 1. The molecule has 2 amide bonds. The van der Waals surface area contributed by atoms with Crippen molar-refractivity contribution in [2.24, 2.45) is 0 Å². The summed E-state index contributed by atoms with van der Waals surface area (Å²) in [7, 11) is 1.65. The molecule has 0 aliphatic heterocycles. The number of carbonyl (C=O) groups is 1. The second kappa shape index (κ2) is 10.8. The zero-order valence-electron chi connectivity index (χ0n) is 17.5. The number of benzene rings is 2. The number of urea groups is 1. The Labute approximate surface area is 181 Å². The molecule has 0 bridgehead atoms. The second-order valence-corrected chi connectivity index (χ2v) is 7.03. The van der Waals surface area contributed by atoms with E-state index in [4.69, 9.17) is 10.5 Å². The van der Waals surface area contributed by atoms with E-state index in [1.54, 1.807) is 11.8 Å². The van der Waals surface area contributed by atoms with Gasteiger partial charge in [0.25, 0.3) is 0 Å². The quantitative estimate of drug-likeness (QED) is 0.462. The number of nitrogens with two attached hydrogens (primary N) is 1. The van der Waals surface area contributed by atoms with Crippen LogP contribution < -0.4 is 16.4 Å². The number of para-hydroxylation sites is 1. The smallest absolute Gasteiger partial charge is 0.315 e. The van der Waals surface area contributed by atoms with Crippen LogP contribution in [0.15, 0.2) is 54.6 Å². The van der Waals surface area contributed by atoms with Gasteiger partial charge in [0.05, 0.1) is 18.0 Å². The van der Waals surface area contributed by atoms with Crippen molar-refractivity contribution in [3.63, 3.8) is 0 Å². The molecule has 0 atom stereocenters. The predicted molar refractivity (Wildman–Crippen MR) is 118 cm³/mol. The van der Waals surface area contributed by atoms with Crippen molar-refractivity contribution in [3.05, 3.63) is 77.0 Å². The minimum absolute atomic E-state index is 0.244. The fraction of sp³-hybridized carbons (Fsp3) is 0.261. The van der Waals surface area contributed by atoms with Crippen LogP contribution in [0, 0.1) is 11.3 Å². The number of nitrogens with one attached hydrogen (secondary N) is 2. The number of nitrogens with zero attached hydrogens (tertiary/aromatic N) is 3. The van der Waals surface area contributed by atoms with Crippen molar-refractivity contribution < 1.29 is 9.53 Å². The van der Waals surface area contributed by atoms with Gasteiger partial charge in [-0.3, -0.25) is 0 Å². The maximum Gasteiger partial charge on any atom is 0.315 e. The van der Waals surface area contributed by atoms with E-state index in [2.05, 4.69) is 21.8 Å². The van der Waals surface area contributed by atoms with Crippen molar-refractivity contribution in [1.82, 2.24) is 20.4 Å². The average molecular weight is 419 g/mol. The van der Waals surface area contributed by atoms with E-state index in [1.807, 2.05) is 54.6 Å². The van der Waals surface area contributed by atoms with Crippen LogP contribution >= 0.6 is 0 Å². The van der Waals surface area contributed by atoms with Crippen molar-refractivity contribution in [2.75, 3.05) is 19.4 Å². The van der Waals surface area contributed by atoms with Crippen LogP contribution in [0.25, 0.3) is 5.69 Å². The number of aryl methyl sites for hydroxylation is 1. The molecule has 8 heteroatoms. The van der Waals surface area contributed by atoms with E-state index >= 15 is 0 Å². The first-order valence-electron chi connectivity index (χ1n) is 10.0. The number of aromatic nitrogens is 2. The fourth-order valence-corrected chi connectivity index (χ4v) is 3.24. The maximum atomic E-state index is 12.1. The summed E-state index contributed by atoms with van der Waals surface area (Å²) in [6, 6.07) is 19.2. The highest BCUT2D eigenvalue weighted by Crippen LogP contribution is 2.21. The Morgan fingerprint density at radius 2 is 1.94 bits per heavy atom. The molecule has 0 radical (unpaired) electrons. The standard InChI is InChI=1S/C23H26N6O2/c1-31-16-18-8-5-7-17(13-18)15-27-23(30)26-12-6-11-21-20(14-24)22(25)29(28-21)19-9-3-2-4-10-19/h2-5,7-10,13H,6,11-12,15-16,25H2,1H3,(H2,26,27,30). The molecule has 3 rings (SSSR count). The molecular weight excluding hydrogens is 392 g/mol. The van der Waals surface area contributed by atoms with E-state index in [-0.39, 0.29) is 6.03 Å². The Bertz CT molecular complexity index is 1060. The minimum Gasteiger partial charge on any atom is -0.382 e. The lowest BCUT2D eigenvalue weighted by Crippen LogP contribution is -2.35. The molecule has 1 heterocycles. The number of amides is 2. The van der Waals surface area contributed by atoms with Crippen molar-refractivity contribution in [1.29, 1.82) is 5.26 Å². The molecule has 31 heavy (non-hydrogen) atoms. The van der Waals surface area contributed by atoms with E-state index in [1.165, 1.54) is 0 Å². The lowest BCUT2D eigenvalue weighted by Gasteiger charge is -2.08. The zero-order valence-corrected chi connectivity index (χ0v) is 17.5. The van der Waals surface area contributed by atoms with Crippen LogP contribution in [-0.2, 0) is 24.3 Å². The fourth-order valence-electron chi connectivity index (χ4n) is 3.24. The summed E-state index contributed by atoms with van der Waals surface area (Å²) in [6.07, 6.45) is 1.17. The van der Waals surface area contributed by atoms with Crippen molar-refractivity contribution in [2.45, 2.75) is 26.0 Å². The largest absolute Gasteiger partial charge is 0.382 e. The van der Waals surface area contributed by atoms with Crippen LogP contribution in [0.3, 0.4) is 0 Å². The first kappa shape index (κ1) is 21.9. The SMILES string of the molecule is COCc1cccc(CNC(=O)NCCCc2nn(-c3ccccc3)c(N)c2C#N)c1. The number of rotatable bonds is 9. The Hall–Kier alpha value is -3.83. The summed E-state index contributed by atoms with van der Waals surface area (Å²) < 4.78 is 6.70. The van der Waals surface area contributed by atoms with Crippen LogP contribution in [0.5, 0.6) is 0 Å². The Morgan fingerprint density at radius 1 is 1.16 bits per heavy atom. The van der Waals surface area contributed by atoms with Gasteiger partial charge in [-0.2, -0.15) is 10.4 Å². The monoisotopic (exact) mass is 418 g/mol. The third-order valence-corrected chi connectivity index (χ3v) is 4.74. The van der Waals surface area contributed by atoms with Gasteiger partial charge in [0, 0.05) is 20.2 Å². The summed E-state index contributed by atoms with van der Waals surface area (Å²) in [5.74, 6) is 0.324. The van der Waals surface area contributed by atoms with Crippen molar-refractivity contribution in [3.8, 4) is 11.8 Å². The van der Waals surface area contributed by atoms with Gasteiger partial charge < -0.3 is 21.1 Å². The molecule has 0 saturated carbocycles. The molecule has 2 aromatic carbocycles. The van der Waals surface area contributed by atoms with Crippen LogP contribution in [0.1, 0.15) is 28.8 Å². The van der Waals surface area contributed by atoms with Crippen LogP contribution in [-0.4, -0.2) is 29.5 Å². The Kier molecular flexibility index (Phi) is 7.62. The molecule has 0 aliphatic rings. The van der Waals surface area contributed by atoms with Gasteiger partial charge in [-0.25, -0.2) is 9.48 Å². The lowest BCUT2D eigenvalue weighted by molar-refractivity contribution is 0.185. The molecular formula is C23H26N6O2. The van der Waals surface area contributed by atoms with Crippen LogP contribution in [0.2, 0.25) is 0 Å². The molecule has 0 spiro atoms. The van der Waals surface area contributed by atoms with E-state index < -0.39 is 0 Å². The second-order valence-electron chi connectivity index (χ2n) is 7.03. The van der Waals surface area contributed by atoms with Crippen molar-refractivity contribution >= 4 is 11.8 Å². The predicted octanol–water partition coefficient (Wildman–Crippen LogP) is 2.90. The van der Waals surface area contributed by atoms with E-state index in [9.17, 15) is 10.1 Å². The number of hydrogen-bond donors (Lipinski definition) is 3. The molecule has 0 fully saturated rings. The molecule has 3 aromatic rings.